The summed E-state index contributed by atoms with van der Waals surface area (Å²) in [5, 5.41) is -0.421. The van der Waals surface area contributed by atoms with Crippen molar-refractivity contribution in [1.82, 2.24) is 4.90 Å². The Morgan fingerprint density at radius 1 is 1.08 bits per heavy atom. The van der Waals surface area contributed by atoms with Crippen LogP contribution in [0.5, 0.6) is 0 Å². The maximum Gasteiger partial charge on any atom is 0.240 e. The van der Waals surface area contributed by atoms with E-state index >= 15 is 0 Å². The molecule has 0 aromatic rings. The van der Waals surface area contributed by atoms with Crippen LogP contribution in [-0.2, 0) is 4.79 Å². The fraction of sp³-hybridized carbons (Fsp3) is 0.889. The van der Waals surface area contributed by atoms with Crippen molar-refractivity contribution in [3.05, 3.63) is 0 Å². The van der Waals surface area contributed by atoms with Crippen molar-refractivity contribution in [2.75, 3.05) is 0 Å². The Labute approximate surface area is 79.9 Å². The fourth-order valence-electron chi connectivity index (χ4n) is 1.31. The molecule has 0 aliphatic heterocycles. The third kappa shape index (κ3) is 3.02. The summed E-state index contributed by atoms with van der Waals surface area (Å²) in [7, 11) is 0. The summed E-state index contributed by atoms with van der Waals surface area (Å²) in [6, 6.07) is 0.442. The van der Waals surface area contributed by atoms with Crippen molar-refractivity contribution in [1.29, 1.82) is 0 Å². The molecule has 0 saturated carbocycles. The number of hydrogen-bond acceptors (Lipinski definition) is 1. The van der Waals surface area contributed by atoms with Crippen LogP contribution in [0.3, 0.4) is 0 Å². The van der Waals surface area contributed by atoms with Crippen LogP contribution < -0.4 is 0 Å². The first-order valence-corrected chi connectivity index (χ1v) is 4.77. The Balaban J connectivity index is 4.41. The van der Waals surface area contributed by atoms with E-state index < -0.39 is 5.38 Å². The SMILES string of the molecule is CC(C)N(C(=O)[C@H](C)Cl)C(C)C. The Morgan fingerprint density at radius 2 is 1.42 bits per heavy atom. The van der Waals surface area contributed by atoms with Gasteiger partial charge in [0.15, 0.2) is 0 Å². The Morgan fingerprint density at radius 3 is 1.50 bits per heavy atom. The number of alkyl halides is 1. The highest BCUT2D eigenvalue weighted by atomic mass is 35.5. The van der Waals surface area contributed by atoms with E-state index in [0.717, 1.165) is 0 Å². The molecule has 0 aromatic heterocycles. The molecule has 0 aliphatic carbocycles. The Hall–Kier alpha value is -0.240. The topological polar surface area (TPSA) is 20.3 Å². The summed E-state index contributed by atoms with van der Waals surface area (Å²) in [6.45, 7) is 9.70. The zero-order valence-corrected chi connectivity index (χ0v) is 9.22. The predicted octanol–water partition coefficient (Wildman–Crippen LogP) is 2.26. The minimum Gasteiger partial charge on any atom is -0.337 e. The van der Waals surface area contributed by atoms with Crippen LogP contribution in [0.2, 0.25) is 0 Å². The summed E-state index contributed by atoms with van der Waals surface area (Å²) in [5.74, 6) is 0.0154. The highest BCUT2D eigenvalue weighted by Gasteiger charge is 2.23. The van der Waals surface area contributed by atoms with E-state index in [9.17, 15) is 4.79 Å². The van der Waals surface area contributed by atoms with E-state index in [4.69, 9.17) is 11.6 Å². The fourth-order valence-corrected chi connectivity index (χ4v) is 1.42. The minimum absolute atomic E-state index is 0.0154. The summed E-state index contributed by atoms with van der Waals surface area (Å²) in [4.78, 5) is 13.3. The van der Waals surface area contributed by atoms with Gasteiger partial charge in [0.2, 0.25) is 5.91 Å². The van der Waals surface area contributed by atoms with Crippen molar-refractivity contribution in [2.24, 2.45) is 0 Å². The molecule has 0 saturated heterocycles. The van der Waals surface area contributed by atoms with Crippen LogP contribution in [0.15, 0.2) is 0 Å². The largest absolute Gasteiger partial charge is 0.337 e. The standard InChI is InChI=1S/C9H18ClNO/c1-6(2)11(7(3)4)9(12)8(5)10/h6-8H,1-5H3/t8-/m0/s1. The quantitative estimate of drug-likeness (QED) is 0.627. The molecule has 72 valence electrons. The molecule has 0 fully saturated rings. The molecule has 1 atom stereocenters. The number of halogens is 1. The molecule has 0 heterocycles. The van der Waals surface area contributed by atoms with Gasteiger partial charge in [-0.05, 0) is 34.6 Å². The molecule has 0 bridgehead atoms. The molecule has 0 aromatic carbocycles. The second-order valence-electron chi connectivity index (χ2n) is 3.55. The number of amides is 1. The summed E-state index contributed by atoms with van der Waals surface area (Å²) >= 11 is 5.72. The summed E-state index contributed by atoms with van der Waals surface area (Å²) in [5.41, 5.74) is 0. The van der Waals surface area contributed by atoms with E-state index in [1.54, 1.807) is 11.8 Å². The third-order valence-corrected chi connectivity index (χ3v) is 1.89. The zero-order valence-electron chi connectivity index (χ0n) is 8.47. The summed E-state index contributed by atoms with van der Waals surface area (Å²) < 4.78 is 0. The van der Waals surface area contributed by atoms with E-state index in [-0.39, 0.29) is 18.0 Å². The number of carbonyl (C=O) groups is 1. The summed E-state index contributed by atoms with van der Waals surface area (Å²) in [6.07, 6.45) is 0. The number of nitrogens with zero attached hydrogens (tertiary/aromatic N) is 1. The normalized spacial score (nSPS) is 13.7. The second kappa shape index (κ2) is 4.70. The first kappa shape index (κ1) is 11.8. The van der Waals surface area contributed by atoms with E-state index in [2.05, 4.69) is 0 Å². The smallest absolute Gasteiger partial charge is 0.240 e. The van der Waals surface area contributed by atoms with Crippen molar-refractivity contribution in [3.63, 3.8) is 0 Å². The van der Waals surface area contributed by atoms with Crippen LogP contribution in [0.1, 0.15) is 34.6 Å². The highest BCUT2D eigenvalue weighted by molar-refractivity contribution is 6.30. The lowest BCUT2D eigenvalue weighted by molar-refractivity contribution is -0.134. The average molecular weight is 192 g/mol. The van der Waals surface area contributed by atoms with Crippen LogP contribution >= 0.6 is 11.6 Å². The van der Waals surface area contributed by atoms with Crippen LogP contribution in [0, 0.1) is 0 Å². The van der Waals surface area contributed by atoms with E-state index in [1.165, 1.54) is 0 Å². The number of carbonyl (C=O) groups excluding carboxylic acids is 1. The van der Waals surface area contributed by atoms with Gasteiger partial charge in [-0.25, -0.2) is 0 Å². The zero-order chi connectivity index (χ0) is 9.89. The van der Waals surface area contributed by atoms with Gasteiger partial charge >= 0.3 is 0 Å². The first-order chi connectivity index (χ1) is 5.37. The van der Waals surface area contributed by atoms with Gasteiger partial charge in [-0.15, -0.1) is 11.6 Å². The first-order valence-electron chi connectivity index (χ1n) is 4.34. The van der Waals surface area contributed by atoms with Crippen LogP contribution in [-0.4, -0.2) is 28.3 Å². The van der Waals surface area contributed by atoms with Gasteiger partial charge in [-0.3, -0.25) is 4.79 Å². The van der Waals surface area contributed by atoms with Crippen molar-refractivity contribution < 1.29 is 4.79 Å². The highest BCUT2D eigenvalue weighted by Crippen LogP contribution is 2.10. The lowest BCUT2D eigenvalue weighted by Crippen LogP contribution is -2.45. The molecule has 2 nitrogen and oxygen atoms in total. The van der Waals surface area contributed by atoms with Crippen molar-refractivity contribution >= 4 is 17.5 Å². The predicted molar refractivity (Wildman–Crippen MR) is 52.4 cm³/mol. The second-order valence-corrected chi connectivity index (χ2v) is 4.20. The molecule has 12 heavy (non-hydrogen) atoms. The molecular weight excluding hydrogens is 174 g/mol. The molecule has 0 unspecified atom stereocenters. The van der Waals surface area contributed by atoms with Crippen LogP contribution in [0.4, 0.5) is 0 Å². The lowest BCUT2D eigenvalue weighted by Gasteiger charge is -2.31. The monoisotopic (exact) mass is 191 g/mol. The van der Waals surface area contributed by atoms with Gasteiger partial charge in [0, 0.05) is 12.1 Å². The van der Waals surface area contributed by atoms with Gasteiger partial charge in [-0.1, -0.05) is 0 Å². The maximum atomic E-state index is 11.5. The number of rotatable bonds is 3. The molecule has 0 aliphatic rings. The molecule has 3 heteroatoms. The molecule has 1 amide bonds. The molecule has 0 spiro atoms. The van der Waals surface area contributed by atoms with Gasteiger partial charge in [-0.2, -0.15) is 0 Å². The molecule has 0 N–H and O–H groups in total. The lowest BCUT2D eigenvalue weighted by atomic mass is 10.2. The van der Waals surface area contributed by atoms with Gasteiger partial charge in [0.25, 0.3) is 0 Å². The van der Waals surface area contributed by atoms with E-state index in [1.807, 2.05) is 27.7 Å². The maximum absolute atomic E-state index is 11.5. The molecule has 0 radical (unpaired) electrons. The van der Waals surface area contributed by atoms with Gasteiger partial charge < -0.3 is 4.90 Å². The molecular formula is C9H18ClNO. The van der Waals surface area contributed by atoms with Crippen molar-refractivity contribution in [2.45, 2.75) is 52.1 Å². The Kier molecular flexibility index (Phi) is 4.61. The average Bonchev–Trinajstić information content (AvgIpc) is 1.85. The molecule has 0 rings (SSSR count). The van der Waals surface area contributed by atoms with Crippen LogP contribution in [0.25, 0.3) is 0 Å². The number of hydrogen-bond donors (Lipinski definition) is 0. The Bertz CT molecular complexity index is 147. The van der Waals surface area contributed by atoms with Gasteiger partial charge in [0.05, 0.1) is 0 Å². The van der Waals surface area contributed by atoms with E-state index in [0.29, 0.717) is 0 Å². The third-order valence-electron chi connectivity index (χ3n) is 1.71. The van der Waals surface area contributed by atoms with Gasteiger partial charge in [0.1, 0.15) is 5.38 Å². The minimum atomic E-state index is -0.421. The van der Waals surface area contributed by atoms with Crippen molar-refractivity contribution in [3.8, 4) is 0 Å².